The molecule has 3 aromatic rings. The lowest BCUT2D eigenvalue weighted by molar-refractivity contribution is 0.0728. The number of aromatic nitrogens is 2. The molecule has 0 radical (unpaired) electrons. The Bertz CT molecular complexity index is 1020. The third-order valence-corrected chi connectivity index (χ3v) is 4.90. The van der Waals surface area contributed by atoms with Gasteiger partial charge in [-0.05, 0) is 38.3 Å². The fourth-order valence-corrected chi connectivity index (χ4v) is 3.55. The Labute approximate surface area is 171 Å². The molecule has 0 saturated carbocycles. The van der Waals surface area contributed by atoms with Crippen LogP contribution in [0.2, 0.25) is 0 Å². The van der Waals surface area contributed by atoms with Crippen LogP contribution in [0.25, 0.3) is 11.4 Å². The number of amides is 1. The van der Waals surface area contributed by atoms with Gasteiger partial charge in [-0.15, -0.1) is 0 Å². The predicted molar refractivity (Wildman–Crippen MR) is 116 cm³/mol. The number of hydrogen-bond acceptors (Lipinski definition) is 4. The van der Waals surface area contributed by atoms with E-state index in [4.69, 9.17) is 0 Å². The summed E-state index contributed by atoms with van der Waals surface area (Å²) in [5.74, 6) is 1.16. The Hall–Kier alpha value is -3.21. The standard InChI is InChI=1S/C24H26N4O/c1-24(2,3)27-21-15-20(25-22(26-21)18-10-5-4-6-11-18)23(29)28-14-13-17-9-7-8-12-19(17)16-28/h4-12,15H,13-14,16H2,1-3H3,(H,25,26,27). The average molecular weight is 386 g/mol. The van der Waals surface area contributed by atoms with Crippen molar-refractivity contribution in [2.75, 3.05) is 11.9 Å². The summed E-state index contributed by atoms with van der Waals surface area (Å²) in [6, 6.07) is 19.9. The number of benzene rings is 2. The molecule has 2 heterocycles. The van der Waals surface area contributed by atoms with Crippen molar-refractivity contribution in [2.24, 2.45) is 0 Å². The molecule has 1 aliphatic heterocycles. The first-order chi connectivity index (χ1) is 13.9. The summed E-state index contributed by atoms with van der Waals surface area (Å²) in [6.07, 6.45) is 0.867. The summed E-state index contributed by atoms with van der Waals surface area (Å²) in [6.45, 7) is 7.52. The highest BCUT2D eigenvalue weighted by atomic mass is 16.2. The predicted octanol–water partition coefficient (Wildman–Crippen LogP) is 4.55. The smallest absolute Gasteiger partial charge is 0.272 e. The molecule has 1 amide bonds. The van der Waals surface area contributed by atoms with Crippen molar-refractivity contribution in [3.63, 3.8) is 0 Å². The number of anilines is 1. The minimum absolute atomic E-state index is 0.0592. The van der Waals surface area contributed by atoms with E-state index >= 15 is 0 Å². The van der Waals surface area contributed by atoms with Gasteiger partial charge in [-0.25, -0.2) is 9.97 Å². The highest BCUT2D eigenvalue weighted by Gasteiger charge is 2.24. The maximum atomic E-state index is 13.3. The van der Waals surface area contributed by atoms with E-state index in [0.29, 0.717) is 30.4 Å². The summed E-state index contributed by atoms with van der Waals surface area (Å²) >= 11 is 0. The van der Waals surface area contributed by atoms with Crippen LogP contribution < -0.4 is 5.32 Å². The molecule has 1 aromatic heterocycles. The molecule has 0 bridgehead atoms. The van der Waals surface area contributed by atoms with Crippen molar-refractivity contribution in [2.45, 2.75) is 39.3 Å². The normalized spacial score (nSPS) is 13.7. The molecular formula is C24H26N4O. The van der Waals surface area contributed by atoms with Crippen molar-refractivity contribution >= 4 is 11.7 Å². The zero-order chi connectivity index (χ0) is 20.4. The summed E-state index contributed by atoms with van der Waals surface area (Å²) < 4.78 is 0. The van der Waals surface area contributed by atoms with E-state index in [1.807, 2.05) is 41.3 Å². The van der Waals surface area contributed by atoms with Crippen LogP contribution in [0.4, 0.5) is 5.82 Å². The number of nitrogens with one attached hydrogen (secondary N) is 1. The summed E-state index contributed by atoms with van der Waals surface area (Å²) in [5, 5.41) is 3.38. The number of carbonyl (C=O) groups is 1. The molecule has 2 aromatic carbocycles. The number of hydrogen-bond donors (Lipinski definition) is 1. The Kier molecular flexibility index (Phi) is 5.05. The summed E-state index contributed by atoms with van der Waals surface area (Å²) in [5.41, 5.74) is 3.66. The second kappa shape index (κ2) is 7.66. The van der Waals surface area contributed by atoms with Gasteiger partial charge in [-0.2, -0.15) is 0 Å². The van der Waals surface area contributed by atoms with E-state index in [0.717, 1.165) is 12.0 Å². The fraction of sp³-hybridized carbons (Fsp3) is 0.292. The van der Waals surface area contributed by atoms with Crippen LogP contribution in [0.1, 0.15) is 42.4 Å². The molecule has 5 nitrogen and oxygen atoms in total. The first kappa shape index (κ1) is 19.1. The van der Waals surface area contributed by atoms with Gasteiger partial charge in [-0.3, -0.25) is 4.79 Å². The van der Waals surface area contributed by atoms with Crippen LogP contribution >= 0.6 is 0 Å². The maximum absolute atomic E-state index is 13.3. The van der Waals surface area contributed by atoms with Crippen LogP contribution in [0.3, 0.4) is 0 Å². The highest BCUT2D eigenvalue weighted by molar-refractivity contribution is 5.93. The van der Waals surface area contributed by atoms with E-state index in [1.165, 1.54) is 11.1 Å². The third-order valence-electron chi connectivity index (χ3n) is 4.90. The van der Waals surface area contributed by atoms with Gasteiger partial charge >= 0.3 is 0 Å². The molecule has 0 atom stereocenters. The van der Waals surface area contributed by atoms with Gasteiger partial charge in [0.2, 0.25) is 0 Å². The zero-order valence-corrected chi connectivity index (χ0v) is 17.1. The van der Waals surface area contributed by atoms with Crippen molar-refractivity contribution in [1.29, 1.82) is 0 Å². The van der Waals surface area contributed by atoms with Crippen LogP contribution in [-0.4, -0.2) is 32.9 Å². The lowest BCUT2D eigenvalue weighted by Gasteiger charge is -2.29. The molecule has 148 valence electrons. The lowest BCUT2D eigenvalue weighted by Crippen LogP contribution is -2.36. The van der Waals surface area contributed by atoms with Gasteiger partial charge in [0.25, 0.3) is 5.91 Å². The Morgan fingerprint density at radius 3 is 2.38 bits per heavy atom. The number of fused-ring (bicyclic) bond motifs is 1. The first-order valence-corrected chi connectivity index (χ1v) is 9.98. The van der Waals surface area contributed by atoms with Gasteiger partial charge in [0.1, 0.15) is 11.5 Å². The van der Waals surface area contributed by atoms with Crippen molar-refractivity contribution in [3.8, 4) is 11.4 Å². The van der Waals surface area contributed by atoms with E-state index in [2.05, 4.69) is 54.3 Å². The van der Waals surface area contributed by atoms with Gasteiger partial charge in [0.05, 0.1) is 0 Å². The zero-order valence-electron chi connectivity index (χ0n) is 17.1. The quantitative estimate of drug-likeness (QED) is 0.717. The number of nitrogens with zero attached hydrogens (tertiary/aromatic N) is 3. The van der Waals surface area contributed by atoms with Gasteiger partial charge < -0.3 is 10.2 Å². The van der Waals surface area contributed by atoms with Crippen molar-refractivity contribution < 1.29 is 4.79 Å². The molecule has 0 aliphatic carbocycles. The number of rotatable bonds is 3. The minimum atomic E-state index is -0.174. The van der Waals surface area contributed by atoms with Gasteiger partial charge in [-0.1, -0.05) is 54.6 Å². The Balaban J connectivity index is 1.69. The van der Waals surface area contributed by atoms with Crippen LogP contribution in [-0.2, 0) is 13.0 Å². The topological polar surface area (TPSA) is 58.1 Å². The van der Waals surface area contributed by atoms with Crippen LogP contribution in [0.15, 0.2) is 60.7 Å². The van der Waals surface area contributed by atoms with Crippen LogP contribution in [0, 0.1) is 0 Å². The molecule has 1 N–H and O–H groups in total. The van der Waals surface area contributed by atoms with E-state index in [-0.39, 0.29) is 11.4 Å². The highest BCUT2D eigenvalue weighted by Crippen LogP contribution is 2.23. The number of carbonyl (C=O) groups excluding carboxylic acids is 1. The SMILES string of the molecule is CC(C)(C)Nc1cc(C(=O)N2CCc3ccccc3C2)nc(-c2ccccc2)n1. The van der Waals surface area contributed by atoms with Gasteiger partial charge in [0.15, 0.2) is 5.82 Å². The molecule has 0 saturated heterocycles. The second-order valence-electron chi connectivity index (χ2n) is 8.45. The monoisotopic (exact) mass is 386 g/mol. The van der Waals surface area contributed by atoms with Gasteiger partial charge in [0, 0.05) is 30.3 Å². The van der Waals surface area contributed by atoms with Crippen molar-refractivity contribution in [3.05, 3.63) is 77.5 Å². The molecule has 4 rings (SSSR count). The van der Waals surface area contributed by atoms with E-state index in [1.54, 1.807) is 6.07 Å². The lowest BCUT2D eigenvalue weighted by atomic mass is 10.00. The maximum Gasteiger partial charge on any atom is 0.272 e. The minimum Gasteiger partial charge on any atom is -0.365 e. The Morgan fingerprint density at radius 2 is 1.66 bits per heavy atom. The van der Waals surface area contributed by atoms with Crippen molar-refractivity contribution in [1.82, 2.24) is 14.9 Å². The van der Waals surface area contributed by atoms with E-state index in [9.17, 15) is 4.79 Å². The largest absolute Gasteiger partial charge is 0.365 e. The van der Waals surface area contributed by atoms with E-state index < -0.39 is 0 Å². The molecule has 5 heteroatoms. The van der Waals surface area contributed by atoms with Crippen LogP contribution in [0.5, 0.6) is 0 Å². The molecular weight excluding hydrogens is 360 g/mol. The molecule has 0 unspecified atom stereocenters. The summed E-state index contributed by atoms with van der Waals surface area (Å²) in [7, 11) is 0. The molecule has 1 aliphatic rings. The molecule has 29 heavy (non-hydrogen) atoms. The third kappa shape index (κ3) is 4.45. The first-order valence-electron chi connectivity index (χ1n) is 9.98. The Morgan fingerprint density at radius 1 is 0.966 bits per heavy atom. The molecule has 0 spiro atoms. The second-order valence-corrected chi connectivity index (χ2v) is 8.45. The summed E-state index contributed by atoms with van der Waals surface area (Å²) in [4.78, 5) is 24.5. The molecule has 0 fully saturated rings. The fourth-order valence-electron chi connectivity index (χ4n) is 3.55. The average Bonchev–Trinajstić information content (AvgIpc) is 2.72.